The Bertz CT molecular complexity index is 626. The molecule has 1 aromatic carbocycles. The van der Waals surface area contributed by atoms with E-state index in [1.165, 1.54) is 18.3 Å². The lowest BCUT2D eigenvalue weighted by molar-refractivity contribution is -0.394. The van der Waals surface area contributed by atoms with Crippen LogP contribution in [0, 0.1) is 20.2 Å². The Labute approximate surface area is 112 Å². The van der Waals surface area contributed by atoms with Crippen molar-refractivity contribution in [3.8, 4) is 0 Å². The number of hydrogen-bond donors (Lipinski definition) is 1. The van der Waals surface area contributed by atoms with Gasteiger partial charge in [-0.2, -0.15) is 0 Å². The average Bonchev–Trinajstić information content (AvgIpc) is 2.91. The lowest BCUT2D eigenvalue weighted by atomic mass is 10.1. The lowest BCUT2D eigenvalue weighted by Crippen LogP contribution is -2.13. The van der Waals surface area contributed by atoms with Gasteiger partial charge in [0.25, 0.3) is 11.4 Å². The SMILES string of the molecule is O=[N+]([O-])c1ccc(CNCc2ccno2)c([N+](=O)[O-])c1. The number of benzene rings is 1. The van der Waals surface area contributed by atoms with Crippen LogP contribution >= 0.6 is 0 Å². The molecule has 20 heavy (non-hydrogen) atoms. The normalized spacial score (nSPS) is 10.4. The maximum atomic E-state index is 10.9. The molecule has 1 N–H and O–H groups in total. The molecule has 9 heteroatoms. The summed E-state index contributed by atoms with van der Waals surface area (Å²) in [6, 6.07) is 5.21. The standard InChI is InChI=1S/C11H10N4O5/c16-14(17)9-2-1-8(11(5-9)15(18)19)6-12-7-10-3-4-13-20-10/h1-5,12H,6-7H2. The van der Waals surface area contributed by atoms with Gasteiger partial charge in [0.1, 0.15) is 5.76 Å². The van der Waals surface area contributed by atoms with E-state index >= 15 is 0 Å². The molecule has 104 valence electrons. The number of rotatable bonds is 6. The molecule has 1 heterocycles. The Morgan fingerprint density at radius 1 is 1.15 bits per heavy atom. The van der Waals surface area contributed by atoms with Crippen LogP contribution in [0.5, 0.6) is 0 Å². The molecule has 0 spiro atoms. The first kappa shape index (κ1) is 13.6. The molecule has 0 aliphatic carbocycles. The molecule has 0 radical (unpaired) electrons. The van der Waals surface area contributed by atoms with Gasteiger partial charge in [-0.05, 0) is 6.07 Å². The van der Waals surface area contributed by atoms with Gasteiger partial charge in [-0.25, -0.2) is 0 Å². The molecule has 0 unspecified atom stereocenters. The fraction of sp³-hybridized carbons (Fsp3) is 0.182. The molecule has 0 bridgehead atoms. The van der Waals surface area contributed by atoms with E-state index in [1.54, 1.807) is 6.07 Å². The summed E-state index contributed by atoms with van der Waals surface area (Å²) in [6.45, 7) is 0.545. The highest BCUT2D eigenvalue weighted by molar-refractivity contribution is 5.49. The van der Waals surface area contributed by atoms with Crippen molar-refractivity contribution >= 4 is 11.4 Å². The van der Waals surface area contributed by atoms with Crippen LogP contribution in [0.3, 0.4) is 0 Å². The Morgan fingerprint density at radius 2 is 1.95 bits per heavy atom. The topological polar surface area (TPSA) is 124 Å². The van der Waals surface area contributed by atoms with Gasteiger partial charge in [-0.15, -0.1) is 0 Å². The van der Waals surface area contributed by atoms with Gasteiger partial charge < -0.3 is 9.84 Å². The van der Waals surface area contributed by atoms with Crippen LogP contribution in [0.2, 0.25) is 0 Å². The van der Waals surface area contributed by atoms with Crippen LogP contribution in [0.25, 0.3) is 0 Å². The third kappa shape index (κ3) is 3.14. The van der Waals surface area contributed by atoms with Gasteiger partial charge in [0.2, 0.25) is 0 Å². The summed E-state index contributed by atoms with van der Waals surface area (Å²) in [5, 5.41) is 28.0. The molecule has 1 aromatic heterocycles. The summed E-state index contributed by atoms with van der Waals surface area (Å²) in [5.74, 6) is 0.592. The fourth-order valence-corrected chi connectivity index (χ4v) is 1.64. The molecule has 0 atom stereocenters. The van der Waals surface area contributed by atoms with E-state index in [2.05, 4.69) is 10.5 Å². The molecule has 0 saturated carbocycles. The molecule has 2 aromatic rings. The molecular formula is C11H10N4O5. The smallest absolute Gasteiger partial charge is 0.280 e. The third-order valence-electron chi connectivity index (χ3n) is 2.58. The summed E-state index contributed by atoms with van der Waals surface area (Å²) in [4.78, 5) is 20.2. The summed E-state index contributed by atoms with van der Waals surface area (Å²) >= 11 is 0. The van der Waals surface area contributed by atoms with Crippen LogP contribution in [0.4, 0.5) is 11.4 Å². The predicted octanol–water partition coefficient (Wildman–Crippen LogP) is 1.78. The number of nitro benzene ring substituents is 2. The minimum atomic E-state index is -0.668. The first-order valence-corrected chi connectivity index (χ1v) is 5.60. The first-order chi connectivity index (χ1) is 9.58. The Hall–Kier alpha value is -2.81. The van der Waals surface area contributed by atoms with Crippen LogP contribution in [0.1, 0.15) is 11.3 Å². The van der Waals surface area contributed by atoms with Gasteiger partial charge in [0.05, 0.1) is 28.7 Å². The number of nitrogens with one attached hydrogen (secondary N) is 1. The monoisotopic (exact) mass is 278 g/mol. The Morgan fingerprint density at radius 3 is 2.55 bits per heavy atom. The molecule has 0 fully saturated rings. The molecule has 2 rings (SSSR count). The van der Waals surface area contributed by atoms with Gasteiger partial charge in [-0.3, -0.25) is 20.2 Å². The van der Waals surface area contributed by atoms with Crippen molar-refractivity contribution in [2.24, 2.45) is 0 Å². The van der Waals surface area contributed by atoms with Crippen LogP contribution in [-0.4, -0.2) is 15.0 Å². The minimum Gasteiger partial charge on any atom is -0.360 e. The maximum Gasteiger partial charge on any atom is 0.280 e. The molecular weight excluding hydrogens is 268 g/mol. The summed E-state index contributed by atoms with van der Waals surface area (Å²) < 4.78 is 4.86. The minimum absolute atomic E-state index is 0.189. The predicted molar refractivity (Wildman–Crippen MR) is 66.8 cm³/mol. The number of nitrogens with zero attached hydrogens (tertiary/aromatic N) is 3. The molecule has 0 amide bonds. The fourth-order valence-electron chi connectivity index (χ4n) is 1.64. The second-order valence-electron chi connectivity index (χ2n) is 3.91. The van der Waals surface area contributed by atoms with Gasteiger partial charge >= 0.3 is 0 Å². The highest BCUT2D eigenvalue weighted by atomic mass is 16.6. The number of hydrogen-bond acceptors (Lipinski definition) is 7. The van der Waals surface area contributed by atoms with Crippen molar-refractivity contribution in [3.05, 3.63) is 62.0 Å². The zero-order valence-corrected chi connectivity index (χ0v) is 10.2. The zero-order valence-electron chi connectivity index (χ0n) is 10.2. The van der Waals surface area contributed by atoms with E-state index in [9.17, 15) is 20.2 Å². The van der Waals surface area contributed by atoms with Gasteiger partial charge in [0, 0.05) is 24.2 Å². The molecule has 0 aliphatic heterocycles. The van der Waals surface area contributed by atoms with Gasteiger partial charge in [-0.1, -0.05) is 5.16 Å². The number of non-ortho nitro benzene ring substituents is 1. The van der Waals surface area contributed by atoms with Crippen LogP contribution < -0.4 is 5.32 Å². The van der Waals surface area contributed by atoms with E-state index in [0.29, 0.717) is 17.9 Å². The third-order valence-corrected chi connectivity index (χ3v) is 2.58. The van der Waals surface area contributed by atoms with Crippen molar-refractivity contribution in [1.82, 2.24) is 10.5 Å². The summed E-state index contributed by atoms with van der Waals surface area (Å²) in [5.41, 5.74) is -0.236. The molecule has 0 saturated heterocycles. The largest absolute Gasteiger partial charge is 0.360 e. The van der Waals surface area contributed by atoms with Crippen molar-refractivity contribution in [2.45, 2.75) is 13.1 Å². The van der Waals surface area contributed by atoms with E-state index in [4.69, 9.17) is 4.52 Å². The van der Waals surface area contributed by atoms with Crippen molar-refractivity contribution in [1.29, 1.82) is 0 Å². The van der Waals surface area contributed by atoms with E-state index in [1.807, 2.05) is 0 Å². The van der Waals surface area contributed by atoms with E-state index < -0.39 is 9.85 Å². The molecule has 0 aliphatic rings. The van der Waals surface area contributed by atoms with Crippen molar-refractivity contribution < 1.29 is 14.4 Å². The maximum absolute atomic E-state index is 10.9. The molecule has 9 nitrogen and oxygen atoms in total. The first-order valence-electron chi connectivity index (χ1n) is 5.60. The Kier molecular flexibility index (Phi) is 4.01. The van der Waals surface area contributed by atoms with Gasteiger partial charge in [0.15, 0.2) is 0 Å². The van der Waals surface area contributed by atoms with Crippen molar-refractivity contribution in [3.63, 3.8) is 0 Å². The second-order valence-corrected chi connectivity index (χ2v) is 3.91. The summed E-state index contributed by atoms with van der Waals surface area (Å²) in [7, 11) is 0. The number of aromatic nitrogens is 1. The van der Waals surface area contributed by atoms with Crippen molar-refractivity contribution in [2.75, 3.05) is 0 Å². The van der Waals surface area contributed by atoms with Crippen LogP contribution in [0.15, 0.2) is 35.0 Å². The second kappa shape index (κ2) is 5.89. The highest BCUT2D eigenvalue weighted by Crippen LogP contribution is 2.24. The lowest BCUT2D eigenvalue weighted by Gasteiger charge is -2.04. The quantitative estimate of drug-likeness (QED) is 0.630. The van der Waals surface area contributed by atoms with E-state index in [-0.39, 0.29) is 17.9 Å². The zero-order chi connectivity index (χ0) is 14.5. The van der Waals surface area contributed by atoms with Crippen LogP contribution in [-0.2, 0) is 13.1 Å². The highest BCUT2D eigenvalue weighted by Gasteiger charge is 2.18. The Balaban J connectivity index is 2.10. The average molecular weight is 278 g/mol. The van der Waals surface area contributed by atoms with E-state index in [0.717, 1.165) is 6.07 Å². The summed E-state index contributed by atoms with van der Waals surface area (Å²) in [6.07, 6.45) is 1.49. The number of nitro groups is 2.